The number of nitrogens with zero attached hydrogens (tertiary/aromatic N) is 5. The van der Waals surface area contributed by atoms with Gasteiger partial charge in [0.15, 0.2) is 5.52 Å². The van der Waals surface area contributed by atoms with E-state index in [-0.39, 0.29) is 30.1 Å². The third-order valence-corrected chi connectivity index (χ3v) is 6.81. The Hall–Kier alpha value is -5.26. The standard InChI is InChI=1S/C32H28F3N5O4/c1-3-43-25-14-10-24(11-15-25)40-30(38-27-7-5-17-37-29(27)31(40)42)21(2)39(20-23-6-4-16-36-19-23)28(41)18-22-8-12-26(13-9-22)44-32(33,34)35/h4-17,19,21H,3,18,20H2,1-2H3/t21-/m1/s1. The molecule has 0 fully saturated rings. The maximum Gasteiger partial charge on any atom is 0.573 e. The molecular weight excluding hydrogens is 575 g/mol. The van der Waals surface area contributed by atoms with Crippen molar-refractivity contribution in [1.29, 1.82) is 0 Å². The minimum atomic E-state index is -4.82. The summed E-state index contributed by atoms with van der Waals surface area (Å²) in [5.74, 6) is 0.198. The fraction of sp³-hybridized carbons (Fsp3) is 0.219. The van der Waals surface area contributed by atoms with E-state index in [2.05, 4.69) is 14.7 Å². The van der Waals surface area contributed by atoms with E-state index in [1.165, 1.54) is 22.9 Å². The highest BCUT2D eigenvalue weighted by Crippen LogP contribution is 2.27. The lowest BCUT2D eigenvalue weighted by Crippen LogP contribution is -2.38. The van der Waals surface area contributed by atoms with Crippen LogP contribution < -0.4 is 15.0 Å². The number of halogens is 3. The molecule has 0 saturated carbocycles. The molecule has 0 bridgehead atoms. The van der Waals surface area contributed by atoms with Crippen molar-refractivity contribution >= 4 is 16.9 Å². The van der Waals surface area contributed by atoms with Crippen molar-refractivity contribution in [3.8, 4) is 17.2 Å². The predicted molar refractivity (Wildman–Crippen MR) is 156 cm³/mol. The molecule has 0 spiro atoms. The summed E-state index contributed by atoms with van der Waals surface area (Å²) in [6, 6.07) is 18.3. The van der Waals surface area contributed by atoms with Crippen molar-refractivity contribution in [2.45, 2.75) is 39.2 Å². The summed E-state index contributed by atoms with van der Waals surface area (Å²) in [4.78, 5) is 42.6. The van der Waals surface area contributed by atoms with Crippen molar-refractivity contribution in [2.24, 2.45) is 0 Å². The highest BCUT2D eigenvalue weighted by atomic mass is 19.4. The summed E-state index contributed by atoms with van der Waals surface area (Å²) < 4.78 is 48.8. The minimum Gasteiger partial charge on any atom is -0.494 e. The number of rotatable bonds is 10. The van der Waals surface area contributed by atoms with Gasteiger partial charge in [0.2, 0.25) is 5.91 Å². The average molecular weight is 604 g/mol. The van der Waals surface area contributed by atoms with Crippen LogP contribution in [0.3, 0.4) is 0 Å². The molecule has 0 radical (unpaired) electrons. The molecule has 0 saturated heterocycles. The number of ether oxygens (including phenoxy) is 2. The van der Waals surface area contributed by atoms with Crippen LogP contribution >= 0.6 is 0 Å². The number of alkyl halides is 3. The lowest BCUT2D eigenvalue weighted by molar-refractivity contribution is -0.274. The van der Waals surface area contributed by atoms with Crippen LogP contribution in [0.1, 0.15) is 36.8 Å². The van der Waals surface area contributed by atoms with Crippen molar-refractivity contribution in [1.82, 2.24) is 24.4 Å². The van der Waals surface area contributed by atoms with E-state index in [4.69, 9.17) is 9.72 Å². The summed E-state index contributed by atoms with van der Waals surface area (Å²) in [5.41, 5.74) is 1.86. The first-order valence-electron chi connectivity index (χ1n) is 13.8. The zero-order chi connectivity index (χ0) is 31.3. The number of carbonyl (C=O) groups excluding carboxylic acids is 1. The van der Waals surface area contributed by atoms with Crippen LogP contribution in [0.5, 0.6) is 11.5 Å². The largest absolute Gasteiger partial charge is 0.573 e. The normalized spacial score (nSPS) is 12.1. The van der Waals surface area contributed by atoms with Crippen LogP contribution in [0.25, 0.3) is 16.7 Å². The monoisotopic (exact) mass is 603 g/mol. The van der Waals surface area contributed by atoms with Gasteiger partial charge >= 0.3 is 6.36 Å². The molecule has 226 valence electrons. The Morgan fingerprint density at radius 1 is 0.955 bits per heavy atom. The highest BCUT2D eigenvalue weighted by Gasteiger charge is 2.31. The minimum absolute atomic E-state index is 0.126. The van der Waals surface area contributed by atoms with Crippen molar-refractivity contribution in [3.05, 3.63) is 119 Å². The fourth-order valence-electron chi connectivity index (χ4n) is 4.78. The average Bonchev–Trinajstić information content (AvgIpc) is 3.01. The van der Waals surface area contributed by atoms with E-state index in [9.17, 15) is 22.8 Å². The number of benzene rings is 2. The van der Waals surface area contributed by atoms with Crippen LogP contribution in [0.15, 0.2) is 96.2 Å². The second-order valence-electron chi connectivity index (χ2n) is 9.84. The quantitative estimate of drug-likeness (QED) is 0.199. The lowest BCUT2D eigenvalue weighted by atomic mass is 10.1. The SMILES string of the molecule is CCOc1ccc(-n2c([C@@H](C)N(Cc3cccnc3)C(=O)Cc3ccc(OC(F)(F)F)cc3)nc3cccnc3c2=O)cc1. The molecule has 0 aliphatic rings. The van der Waals surface area contributed by atoms with E-state index in [1.54, 1.807) is 66.7 Å². The summed E-state index contributed by atoms with van der Waals surface area (Å²) in [6.07, 6.45) is -0.187. The van der Waals surface area contributed by atoms with Gasteiger partial charge in [-0.05, 0) is 79.6 Å². The molecule has 2 aromatic carbocycles. The Bertz CT molecular complexity index is 1790. The van der Waals surface area contributed by atoms with Gasteiger partial charge in [-0.15, -0.1) is 13.2 Å². The van der Waals surface area contributed by atoms with Crippen LogP contribution in [0.4, 0.5) is 13.2 Å². The Labute approximate surface area is 250 Å². The molecule has 0 unspecified atom stereocenters. The van der Waals surface area contributed by atoms with E-state index in [1.807, 2.05) is 13.0 Å². The van der Waals surface area contributed by atoms with Crippen LogP contribution in [-0.4, -0.2) is 43.3 Å². The maximum absolute atomic E-state index is 13.9. The number of pyridine rings is 2. The Morgan fingerprint density at radius 3 is 2.32 bits per heavy atom. The predicted octanol–water partition coefficient (Wildman–Crippen LogP) is 5.81. The second kappa shape index (κ2) is 12.9. The molecule has 44 heavy (non-hydrogen) atoms. The van der Waals surface area contributed by atoms with Gasteiger partial charge in [-0.1, -0.05) is 18.2 Å². The summed E-state index contributed by atoms with van der Waals surface area (Å²) in [5, 5.41) is 0. The van der Waals surface area contributed by atoms with Crippen molar-refractivity contribution < 1.29 is 27.4 Å². The number of fused-ring (bicyclic) bond motifs is 1. The Balaban J connectivity index is 1.56. The zero-order valence-electron chi connectivity index (χ0n) is 23.9. The van der Waals surface area contributed by atoms with Crippen molar-refractivity contribution in [3.63, 3.8) is 0 Å². The van der Waals surface area contributed by atoms with Gasteiger partial charge in [0, 0.05) is 25.1 Å². The molecule has 0 aliphatic heterocycles. The van der Waals surface area contributed by atoms with Gasteiger partial charge in [-0.2, -0.15) is 0 Å². The second-order valence-corrected chi connectivity index (χ2v) is 9.84. The number of hydrogen-bond acceptors (Lipinski definition) is 7. The first-order chi connectivity index (χ1) is 21.1. The van der Waals surface area contributed by atoms with Gasteiger partial charge in [0.05, 0.1) is 30.3 Å². The molecule has 0 N–H and O–H groups in total. The Morgan fingerprint density at radius 2 is 1.66 bits per heavy atom. The van der Waals surface area contributed by atoms with Crippen LogP contribution in [-0.2, 0) is 17.8 Å². The van der Waals surface area contributed by atoms with Crippen LogP contribution in [0, 0.1) is 0 Å². The first-order valence-corrected chi connectivity index (χ1v) is 13.8. The van der Waals surface area contributed by atoms with Gasteiger partial charge in [0.25, 0.3) is 5.56 Å². The van der Waals surface area contributed by atoms with E-state index >= 15 is 0 Å². The summed E-state index contributed by atoms with van der Waals surface area (Å²) in [6.45, 7) is 4.25. The smallest absolute Gasteiger partial charge is 0.494 e. The lowest BCUT2D eigenvalue weighted by Gasteiger charge is -2.31. The summed E-state index contributed by atoms with van der Waals surface area (Å²) >= 11 is 0. The Kier molecular flexibility index (Phi) is 8.88. The third-order valence-electron chi connectivity index (χ3n) is 6.81. The molecule has 5 rings (SSSR count). The van der Waals surface area contributed by atoms with Gasteiger partial charge in [-0.25, -0.2) is 9.97 Å². The molecule has 0 aliphatic carbocycles. The first kappa shape index (κ1) is 30.2. The van der Waals surface area contributed by atoms with E-state index in [0.29, 0.717) is 34.9 Å². The van der Waals surface area contributed by atoms with Gasteiger partial charge < -0.3 is 14.4 Å². The molecular formula is C32H28F3N5O4. The van der Waals surface area contributed by atoms with E-state index in [0.717, 1.165) is 17.7 Å². The van der Waals surface area contributed by atoms with Crippen LogP contribution in [0.2, 0.25) is 0 Å². The number of hydrogen-bond donors (Lipinski definition) is 0. The third kappa shape index (κ3) is 7.02. The topological polar surface area (TPSA) is 99.4 Å². The number of amides is 1. The maximum atomic E-state index is 13.9. The number of carbonyl (C=O) groups is 1. The zero-order valence-corrected chi connectivity index (χ0v) is 23.9. The summed E-state index contributed by atoms with van der Waals surface area (Å²) in [7, 11) is 0. The fourth-order valence-corrected chi connectivity index (χ4v) is 4.78. The molecule has 9 nitrogen and oxygen atoms in total. The van der Waals surface area contributed by atoms with Crippen molar-refractivity contribution in [2.75, 3.05) is 6.61 Å². The molecule has 3 heterocycles. The molecule has 5 aromatic rings. The molecule has 3 aromatic heterocycles. The molecule has 1 amide bonds. The van der Waals surface area contributed by atoms with Gasteiger partial charge in [-0.3, -0.25) is 19.1 Å². The number of aromatic nitrogens is 4. The van der Waals surface area contributed by atoms with E-state index < -0.39 is 18.0 Å². The molecule has 12 heteroatoms. The van der Waals surface area contributed by atoms with Gasteiger partial charge in [0.1, 0.15) is 17.3 Å². The molecule has 1 atom stereocenters. The highest BCUT2D eigenvalue weighted by molar-refractivity contribution is 5.79.